The Morgan fingerprint density at radius 1 is 1.10 bits per heavy atom. The summed E-state index contributed by atoms with van der Waals surface area (Å²) in [5.74, 6) is 0.488. The molecule has 1 saturated carbocycles. The smallest absolute Gasteiger partial charge is 0.123 e. The Morgan fingerprint density at radius 3 is 2.65 bits per heavy atom. The summed E-state index contributed by atoms with van der Waals surface area (Å²) in [5, 5.41) is 3.50. The normalized spacial score (nSPS) is 21.5. The minimum Gasteiger partial charge on any atom is -0.310 e. The maximum Gasteiger partial charge on any atom is 0.123 e. The fraction of sp³-hybridized carbons (Fsp3) is 0.294. The number of rotatable bonds is 4. The molecule has 0 amide bonds. The van der Waals surface area contributed by atoms with E-state index < -0.39 is 0 Å². The molecule has 20 heavy (non-hydrogen) atoms. The van der Waals surface area contributed by atoms with Gasteiger partial charge in [-0.1, -0.05) is 40.2 Å². The van der Waals surface area contributed by atoms with Crippen LogP contribution in [0.2, 0.25) is 0 Å². The van der Waals surface area contributed by atoms with Crippen molar-refractivity contribution in [1.82, 2.24) is 5.32 Å². The molecule has 0 aliphatic heterocycles. The molecule has 0 aromatic heterocycles. The summed E-state index contributed by atoms with van der Waals surface area (Å²) in [4.78, 5) is 0. The molecule has 104 valence electrons. The second-order valence-corrected chi connectivity index (χ2v) is 6.35. The van der Waals surface area contributed by atoms with Crippen molar-refractivity contribution in [2.24, 2.45) is 0 Å². The van der Waals surface area contributed by atoms with Gasteiger partial charge in [-0.15, -0.1) is 0 Å². The molecule has 2 aromatic carbocycles. The molecule has 3 rings (SSSR count). The fourth-order valence-corrected chi connectivity index (χ4v) is 3.14. The lowest BCUT2D eigenvalue weighted by molar-refractivity contribution is 0.289. The highest BCUT2D eigenvalue weighted by atomic mass is 79.9. The van der Waals surface area contributed by atoms with E-state index in [2.05, 4.69) is 45.5 Å². The van der Waals surface area contributed by atoms with Gasteiger partial charge in [0.25, 0.3) is 0 Å². The van der Waals surface area contributed by atoms with Gasteiger partial charge in [-0.2, -0.15) is 0 Å². The molecular formula is C17H17BrFN. The second-order valence-electron chi connectivity index (χ2n) is 5.43. The summed E-state index contributed by atoms with van der Waals surface area (Å²) in [7, 11) is 0. The highest BCUT2D eigenvalue weighted by Gasteiger charge is 2.29. The maximum atomic E-state index is 13.1. The molecule has 0 spiro atoms. The van der Waals surface area contributed by atoms with Crippen LogP contribution >= 0.6 is 15.9 Å². The largest absolute Gasteiger partial charge is 0.310 e. The summed E-state index contributed by atoms with van der Waals surface area (Å²) >= 11 is 3.52. The first kappa shape index (κ1) is 13.8. The van der Waals surface area contributed by atoms with E-state index >= 15 is 0 Å². The Kier molecular flexibility index (Phi) is 4.18. The molecule has 0 bridgehead atoms. The molecule has 2 aromatic rings. The van der Waals surface area contributed by atoms with Crippen LogP contribution in [0.1, 0.15) is 29.9 Å². The quantitative estimate of drug-likeness (QED) is 0.860. The molecule has 0 saturated heterocycles. The minimum absolute atomic E-state index is 0.162. The van der Waals surface area contributed by atoms with E-state index in [1.54, 1.807) is 12.1 Å². The number of benzene rings is 2. The van der Waals surface area contributed by atoms with E-state index in [4.69, 9.17) is 0 Å². The predicted octanol–water partition coefficient (Wildman–Crippen LogP) is 4.62. The lowest BCUT2D eigenvalue weighted by Gasteiger charge is -2.36. The van der Waals surface area contributed by atoms with Crippen LogP contribution in [0.15, 0.2) is 53.0 Å². The lowest BCUT2D eigenvalue weighted by Crippen LogP contribution is -2.39. The van der Waals surface area contributed by atoms with Crippen LogP contribution in [0.3, 0.4) is 0 Å². The van der Waals surface area contributed by atoms with Crippen molar-refractivity contribution in [2.45, 2.75) is 31.3 Å². The summed E-state index contributed by atoms with van der Waals surface area (Å²) in [6, 6.07) is 15.9. The molecule has 0 unspecified atom stereocenters. The Balaban J connectivity index is 1.49. The molecule has 0 atom stereocenters. The van der Waals surface area contributed by atoms with Crippen LogP contribution in [-0.2, 0) is 6.54 Å². The third kappa shape index (κ3) is 3.28. The van der Waals surface area contributed by atoms with Gasteiger partial charge in [0, 0.05) is 17.1 Å². The van der Waals surface area contributed by atoms with Crippen molar-refractivity contribution in [2.75, 3.05) is 0 Å². The van der Waals surface area contributed by atoms with E-state index in [0.29, 0.717) is 12.0 Å². The SMILES string of the molecule is Fc1cccc(CNC2CC(c3cccc(Br)c3)C2)c1. The molecule has 3 heteroatoms. The van der Waals surface area contributed by atoms with Crippen molar-refractivity contribution < 1.29 is 4.39 Å². The van der Waals surface area contributed by atoms with Gasteiger partial charge in [-0.05, 0) is 54.2 Å². The first-order chi connectivity index (χ1) is 9.70. The van der Waals surface area contributed by atoms with Crippen LogP contribution in [0, 0.1) is 5.82 Å². The minimum atomic E-state index is -0.162. The summed E-state index contributed by atoms with van der Waals surface area (Å²) in [6.07, 6.45) is 2.32. The van der Waals surface area contributed by atoms with Crippen LogP contribution in [0.25, 0.3) is 0 Å². The standard InChI is InChI=1S/C17H17BrFN/c18-15-5-2-4-13(8-15)14-9-17(10-14)20-11-12-3-1-6-16(19)7-12/h1-8,14,17,20H,9-11H2. The van der Waals surface area contributed by atoms with E-state index in [-0.39, 0.29) is 5.82 Å². The number of hydrogen-bond donors (Lipinski definition) is 1. The fourth-order valence-electron chi connectivity index (χ4n) is 2.73. The highest BCUT2D eigenvalue weighted by Crippen LogP contribution is 2.37. The van der Waals surface area contributed by atoms with E-state index in [9.17, 15) is 4.39 Å². The molecule has 1 fully saturated rings. The van der Waals surface area contributed by atoms with Crippen LogP contribution in [-0.4, -0.2) is 6.04 Å². The van der Waals surface area contributed by atoms with Gasteiger partial charge in [-0.25, -0.2) is 4.39 Å². The lowest BCUT2D eigenvalue weighted by atomic mass is 9.76. The number of hydrogen-bond acceptors (Lipinski definition) is 1. The monoisotopic (exact) mass is 333 g/mol. The van der Waals surface area contributed by atoms with E-state index in [0.717, 1.165) is 29.4 Å². The van der Waals surface area contributed by atoms with Crippen molar-refractivity contribution in [3.05, 3.63) is 69.9 Å². The Morgan fingerprint density at radius 2 is 1.90 bits per heavy atom. The second kappa shape index (κ2) is 6.06. The summed E-state index contributed by atoms with van der Waals surface area (Å²) in [6.45, 7) is 0.744. The Bertz CT molecular complexity index is 590. The third-order valence-corrected chi connectivity index (χ3v) is 4.44. The van der Waals surface area contributed by atoms with E-state index in [1.165, 1.54) is 11.6 Å². The molecule has 1 aliphatic carbocycles. The average Bonchev–Trinajstić information content (AvgIpc) is 2.37. The van der Waals surface area contributed by atoms with Crippen LogP contribution < -0.4 is 5.32 Å². The Hall–Kier alpha value is -1.19. The van der Waals surface area contributed by atoms with Gasteiger partial charge in [0.2, 0.25) is 0 Å². The zero-order valence-electron chi connectivity index (χ0n) is 11.2. The van der Waals surface area contributed by atoms with Crippen LogP contribution in [0.5, 0.6) is 0 Å². The van der Waals surface area contributed by atoms with E-state index in [1.807, 2.05) is 6.07 Å². The zero-order valence-corrected chi connectivity index (χ0v) is 12.7. The van der Waals surface area contributed by atoms with Gasteiger partial charge in [0.1, 0.15) is 5.82 Å². The average molecular weight is 334 g/mol. The summed E-state index contributed by atoms with van der Waals surface area (Å²) in [5.41, 5.74) is 2.42. The van der Waals surface area contributed by atoms with Crippen molar-refractivity contribution in [3.63, 3.8) is 0 Å². The predicted molar refractivity (Wildman–Crippen MR) is 83.1 cm³/mol. The van der Waals surface area contributed by atoms with Crippen LogP contribution in [0.4, 0.5) is 4.39 Å². The Labute approximate surface area is 127 Å². The van der Waals surface area contributed by atoms with Crippen molar-refractivity contribution in [3.8, 4) is 0 Å². The van der Waals surface area contributed by atoms with Crippen molar-refractivity contribution in [1.29, 1.82) is 0 Å². The van der Waals surface area contributed by atoms with Gasteiger partial charge in [-0.3, -0.25) is 0 Å². The maximum absolute atomic E-state index is 13.1. The molecule has 0 radical (unpaired) electrons. The molecule has 1 aliphatic rings. The van der Waals surface area contributed by atoms with Gasteiger partial charge in [0.15, 0.2) is 0 Å². The van der Waals surface area contributed by atoms with Gasteiger partial charge < -0.3 is 5.32 Å². The van der Waals surface area contributed by atoms with Crippen molar-refractivity contribution >= 4 is 15.9 Å². The zero-order chi connectivity index (χ0) is 13.9. The third-order valence-electron chi connectivity index (χ3n) is 3.94. The number of halogens is 2. The molecule has 1 nitrogen and oxygen atoms in total. The first-order valence-corrected chi connectivity index (χ1v) is 7.73. The first-order valence-electron chi connectivity index (χ1n) is 6.94. The molecule has 1 N–H and O–H groups in total. The summed E-state index contributed by atoms with van der Waals surface area (Å²) < 4.78 is 14.2. The van der Waals surface area contributed by atoms with Gasteiger partial charge >= 0.3 is 0 Å². The molecular weight excluding hydrogens is 317 g/mol. The topological polar surface area (TPSA) is 12.0 Å². The number of nitrogens with one attached hydrogen (secondary N) is 1. The van der Waals surface area contributed by atoms with Gasteiger partial charge in [0.05, 0.1) is 0 Å². The molecule has 0 heterocycles. The highest BCUT2D eigenvalue weighted by molar-refractivity contribution is 9.10.